The zero-order chi connectivity index (χ0) is 15.2. The minimum atomic E-state index is -0.368. The summed E-state index contributed by atoms with van der Waals surface area (Å²) in [5.74, 6) is -0.368. The van der Waals surface area contributed by atoms with Crippen LogP contribution in [0.15, 0.2) is 47.6 Å². The van der Waals surface area contributed by atoms with Gasteiger partial charge in [0.25, 0.3) is 0 Å². The van der Waals surface area contributed by atoms with Crippen molar-refractivity contribution in [3.05, 3.63) is 63.6 Å². The first-order valence-corrected chi connectivity index (χ1v) is 6.78. The molecule has 2 aromatic carbocycles. The van der Waals surface area contributed by atoms with Crippen LogP contribution in [0.4, 0.5) is 5.69 Å². The van der Waals surface area contributed by atoms with E-state index in [2.05, 4.69) is 15.3 Å². The summed E-state index contributed by atoms with van der Waals surface area (Å²) in [4.78, 5) is 11.3. The van der Waals surface area contributed by atoms with Crippen LogP contribution < -0.4 is 5.43 Å². The smallest absolute Gasteiger partial charge is 0.337 e. The van der Waals surface area contributed by atoms with Gasteiger partial charge in [-0.2, -0.15) is 5.10 Å². The van der Waals surface area contributed by atoms with Gasteiger partial charge in [0.2, 0.25) is 0 Å². The predicted octanol–water partition coefficient (Wildman–Crippen LogP) is 4.23. The van der Waals surface area contributed by atoms with Gasteiger partial charge in [-0.3, -0.25) is 5.43 Å². The Labute approximate surface area is 132 Å². The van der Waals surface area contributed by atoms with Crippen molar-refractivity contribution >= 4 is 41.1 Å². The van der Waals surface area contributed by atoms with Crippen LogP contribution in [0.5, 0.6) is 0 Å². The number of carbonyl (C=O) groups excluding carboxylic acids is 1. The number of ether oxygens (including phenoxy) is 1. The van der Waals surface area contributed by atoms with Gasteiger partial charge in [-0.1, -0.05) is 35.3 Å². The maximum Gasteiger partial charge on any atom is 0.337 e. The zero-order valence-electron chi connectivity index (χ0n) is 11.1. The summed E-state index contributed by atoms with van der Waals surface area (Å²) < 4.78 is 4.63. The molecule has 0 bridgehead atoms. The van der Waals surface area contributed by atoms with E-state index in [1.807, 2.05) is 0 Å². The molecule has 2 rings (SSSR count). The van der Waals surface area contributed by atoms with Gasteiger partial charge >= 0.3 is 5.97 Å². The standard InChI is InChI=1S/C15H12Cl2N2O2/c1-21-15(20)11-4-2-10(3-5-11)9-18-19-12-6-7-13(16)14(17)8-12/h2-9,19H,1H3/b18-9-. The summed E-state index contributed by atoms with van der Waals surface area (Å²) in [6, 6.07) is 12.0. The van der Waals surface area contributed by atoms with Crippen molar-refractivity contribution < 1.29 is 9.53 Å². The lowest BCUT2D eigenvalue weighted by Gasteiger charge is -2.02. The topological polar surface area (TPSA) is 50.7 Å². The van der Waals surface area contributed by atoms with Crippen molar-refractivity contribution in [2.45, 2.75) is 0 Å². The quantitative estimate of drug-likeness (QED) is 0.520. The second kappa shape index (κ2) is 7.11. The summed E-state index contributed by atoms with van der Waals surface area (Å²) in [5, 5.41) is 5.03. The number of carbonyl (C=O) groups is 1. The van der Waals surface area contributed by atoms with E-state index in [1.165, 1.54) is 7.11 Å². The molecule has 0 atom stereocenters. The minimum absolute atomic E-state index is 0.368. The molecule has 0 saturated carbocycles. The fourth-order valence-electron chi connectivity index (χ4n) is 1.57. The normalized spacial score (nSPS) is 10.6. The van der Waals surface area contributed by atoms with E-state index in [4.69, 9.17) is 23.2 Å². The van der Waals surface area contributed by atoms with Gasteiger partial charge in [0.15, 0.2) is 0 Å². The Morgan fingerprint density at radius 1 is 1.14 bits per heavy atom. The molecule has 21 heavy (non-hydrogen) atoms. The van der Waals surface area contributed by atoms with Crippen LogP contribution in [0.25, 0.3) is 0 Å². The maximum atomic E-state index is 11.3. The highest BCUT2D eigenvalue weighted by molar-refractivity contribution is 6.42. The third-order valence-electron chi connectivity index (χ3n) is 2.66. The largest absolute Gasteiger partial charge is 0.465 e. The number of benzene rings is 2. The van der Waals surface area contributed by atoms with Crippen LogP contribution in [-0.4, -0.2) is 19.3 Å². The first kappa shape index (κ1) is 15.4. The second-order valence-electron chi connectivity index (χ2n) is 4.11. The number of hydrazone groups is 1. The first-order valence-electron chi connectivity index (χ1n) is 6.02. The van der Waals surface area contributed by atoms with Gasteiger partial charge in [0, 0.05) is 0 Å². The van der Waals surface area contributed by atoms with Crippen LogP contribution in [0.1, 0.15) is 15.9 Å². The molecule has 0 spiro atoms. The Morgan fingerprint density at radius 3 is 2.48 bits per heavy atom. The van der Waals surface area contributed by atoms with Crippen LogP contribution >= 0.6 is 23.2 Å². The van der Waals surface area contributed by atoms with Gasteiger partial charge < -0.3 is 4.74 Å². The molecule has 0 radical (unpaired) electrons. The number of rotatable bonds is 4. The molecule has 2 aromatic rings. The third kappa shape index (κ3) is 4.21. The fourth-order valence-corrected chi connectivity index (χ4v) is 1.87. The van der Waals surface area contributed by atoms with E-state index in [-0.39, 0.29) is 5.97 Å². The highest BCUT2D eigenvalue weighted by Crippen LogP contribution is 2.24. The summed E-state index contributed by atoms with van der Waals surface area (Å²) in [5.41, 5.74) is 4.91. The average molecular weight is 323 g/mol. The van der Waals surface area contributed by atoms with Gasteiger partial charge in [-0.25, -0.2) is 4.79 Å². The lowest BCUT2D eigenvalue weighted by molar-refractivity contribution is 0.0601. The monoisotopic (exact) mass is 322 g/mol. The summed E-state index contributed by atoms with van der Waals surface area (Å²) in [6.07, 6.45) is 1.63. The van der Waals surface area contributed by atoms with Crippen molar-refractivity contribution in [2.75, 3.05) is 12.5 Å². The van der Waals surface area contributed by atoms with Crippen molar-refractivity contribution in [1.29, 1.82) is 0 Å². The lowest BCUT2D eigenvalue weighted by atomic mass is 10.1. The molecule has 0 aliphatic carbocycles. The van der Waals surface area contributed by atoms with Crippen LogP contribution in [0.2, 0.25) is 10.0 Å². The van der Waals surface area contributed by atoms with Crippen LogP contribution in [-0.2, 0) is 4.74 Å². The average Bonchev–Trinajstić information content (AvgIpc) is 2.51. The third-order valence-corrected chi connectivity index (χ3v) is 3.40. The van der Waals surface area contributed by atoms with Crippen molar-refractivity contribution in [2.24, 2.45) is 5.10 Å². The molecule has 0 aliphatic rings. The summed E-state index contributed by atoms with van der Waals surface area (Å²) in [7, 11) is 1.35. The molecule has 108 valence electrons. The van der Waals surface area contributed by atoms with E-state index >= 15 is 0 Å². The van der Waals surface area contributed by atoms with E-state index in [9.17, 15) is 4.79 Å². The molecule has 0 unspecified atom stereocenters. The van der Waals surface area contributed by atoms with Crippen molar-refractivity contribution in [3.8, 4) is 0 Å². The molecule has 0 amide bonds. The number of nitrogens with one attached hydrogen (secondary N) is 1. The molecule has 0 heterocycles. The molecule has 0 saturated heterocycles. The number of hydrogen-bond donors (Lipinski definition) is 1. The van der Waals surface area contributed by atoms with E-state index < -0.39 is 0 Å². The highest BCUT2D eigenvalue weighted by Gasteiger charge is 2.03. The highest BCUT2D eigenvalue weighted by atomic mass is 35.5. The number of methoxy groups -OCH3 is 1. The lowest BCUT2D eigenvalue weighted by Crippen LogP contribution is -2.00. The van der Waals surface area contributed by atoms with Crippen LogP contribution in [0, 0.1) is 0 Å². The Morgan fingerprint density at radius 2 is 1.86 bits per heavy atom. The molecular formula is C15H12Cl2N2O2. The Bertz CT molecular complexity index is 670. The van der Waals surface area contributed by atoms with Gasteiger partial charge in [0.05, 0.1) is 34.6 Å². The van der Waals surface area contributed by atoms with Crippen molar-refractivity contribution in [3.63, 3.8) is 0 Å². The van der Waals surface area contributed by atoms with E-state index in [1.54, 1.807) is 48.7 Å². The van der Waals surface area contributed by atoms with Gasteiger partial charge in [-0.05, 0) is 35.9 Å². The number of hydrogen-bond acceptors (Lipinski definition) is 4. The Balaban J connectivity index is 2.01. The summed E-state index contributed by atoms with van der Waals surface area (Å²) in [6.45, 7) is 0. The number of nitrogens with zero attached hydrogens (tertiary/aromatic N) is 1. The Hall–Kier alpha value is -2.04. The molecule has 6 heteroatoms. The van der Waals surface area contributed by atoms with E-state index in [0.29, 0.717) is 15.6 Å². The van der Waals surface area contributed by atoms with Crippen LogP contribution in [0.3, 0.4) is 0 Å². The molecule has 0 fully saturated rings. The Kier molecular flexibility index (Phi) is 5.20. The van der Waals surface area contributed by atoms with Gasteiger partial charge in [-0.15, -0.1) is 0 Å². The molecule has 0 aliphatic heterocycles. The first-order chi connectivity index (χ1) is 10.1. The molecule has 1 N–H and O–H groups in total. The minimum Gasteiger partial charge on any atom is -0.465 e. The predicted molar refractivity (Wildman–Crippen MR) is 85.5 cm³/mol. The number of esters is 1. The molecule has 0 aromatic heterocycles. The zero-order valence-corrected chi connectivity index (χ0v) is 12.7. The fraction of sp³-hybridized carbons (Fsp3) is 0.0667. The van der Waals surface area contributed by atoms with Crippen molar-refractivity contribution in [1.82, 2.24) is 0 Å². The number of anilines is 1. The van der Waals surface area contributed by atoms with E-state index in [0.717, 1.165) is 11.3 Å². The second-order valence-corrected chi connectivity index (χ2v) is 4.93. The number of halogens is 2. The summed E-state index contributed by atoms with van der Waals surface area (Å²) >= 11 is 11.7. The maximum absolute atomic E-state index is 11.3. The SMILES string of the molecule is COC(=O)c1ccc(/C=N\Nc2ccc(Cl)c(Cl)c2)cc1. The molecular weight excluding hydrogens is 311 g/mol. The molecule has 4 nitrogen and oxygen atoms in total. The van der Waals surface area contributed by atoms with Gasteiger partial charge in [0.1, 0.15) is 0 Å².